The van der Waals surface area contributed by atoms with Gasteiger partial charge in [-0.15, -0.1) is 11.3 Å². The lowest BCUT2D eigenvalue weighted by atomic mass is 10.1. The van der Waals surface area contributed by atoms with E-state index in [0.29, 0.717) is 17.0 Å². The number of amides is 1. The summed E-state index contributed by atoms with van der Waals surface area (Å²) in [7, 11) is 1.56. The number of benzene rings is 1. The van der Waals surface area contributed by atoms with E-state index in [9.17, 15) is 4.79 Å². The van der Waals surface area contributed by atoms with Gasteiger partial charge in [0.15, 0.2) is 0 Å². The van der Waals surface area contributed by atoms with Crippen molar-refractivity contribution in [2.75, 3.05) is 19.4 Å². The number of rotatable bonds is 3. The summed E-state index contributed by atoms with van der Waals surface area (Å²) in [6.07, 6.45) is 2.02. The molecular weight excluding hydrogens is 284 g/mol. The summed E-state index contributed by atoms with van der Waals surface area (Å²) in [5.41, 5.74) is 6.95. The molecule has 1 aromatic carbocycles. The number of hydrogen-bond donors (Lipinski definition) is 1. The molecule has 0 saturated carbocycles. The first-order valence-electron chi connectivity index (χ1n) is 6.99. The highest BCUT2D eigenvalue weighted by atomic mass is 32.1. The molecule has 1 aliphatic rings. The normalized spacial score (nSPS) is 18.0. The Morgan fingerprint density at radius 3 is 2.95 bits per heavy atom. The number of nitrogen functional groups attached to an aromatic ring is 1. The smallest absolute Gasteiger partial charge is 0.260 e. The van der Waals surface area contributed by atoms with Crippen molar-refractivity contribution in [1.29, 1.82) is 0 Å². The minimum atomic E-state index is -0.0409. The Kier molecular flexibility index (Phi) is 3.84. The van der Waals surface area contributed by atoms with Crippen molar-refractivity contribution >= 4 is 22.9 Å². The third kappa shape index (κ3) is 2.49. The van der Waals surface area contributed by atoms with Gasteiger partial charge in [-0.1, -0.05) is 12.1 Å². The Morgan fingerprint density at radius 1 is 1.38 bits per heavy atom. The van der Waals surface area contributed by atoms with Crippen LogP contribution in [0.25, 0.3) is 0 Å². The van der Waals surface area contributed by atoms with Gasteiger partial charge in [0.25, 0.3) is 5.91 Å². The maximum Gasteiger partial charge on any atom is 0.260 e. The summed E-state index contributed by atoms with van der Waals surface area (Å²) >= 11 is 1.69. The van der Waals surface area contributed by atoms with E-state index in [4.69, 9.17) is 10.5 Å². The first-order valence-corrected chi connectivity index (χ1v) is 7.87. The van der Waals surface area contributed by atoms with Crippen molar-refractivity contribution in [1.82, 2.24) is 4.90 Å². The van der Waals surface area contributed by atoms with Crippen LogP contribution >= 0.6 is 11.3 Å². The predicted octanol–water partition coefficient (Wildman–Crippen LogP) is 3.32. The lowest BCUT2D eigenvalue weighted by Gasteiger charge is -2.25. The molecule has 0 radical (unpaired) electrons. The van der Waals surface area contributed by atoms with Crippen LogP contribution in [0.3, 0.4) is 0 Å². The molecular formula is C16H18N2O2S. The molecule has 4 nitrogen and oxygen atoms in total. The summed E-state index contributed by atoms with van der Waals surface area (Å²) in [5.74, 6) is 0.498. The highest BCUT2D eigenvalue weighted by molar-refractivity contribution is 7.10. The number of hydrogen-bond acceptors (Lipinski definition) is 4. The van der Waals surface area contributed by atoms with Gasteiger partial charge in [-0.3, -0.25) is 4.79 Å². The standard InChI is InChI=1S/C16H18N2O2S/c1-20-13-7-2-5-11(17)15(13)16(19)18-9-3-6-12(18)14-8-4-10-21-14/h2,4-5,7-8,10,12H,3,6,9,17H2,1H3. The van der Waals surface area contributed by atoms with Crippen LogP contribution in [0.5, 0.6) is 5.75 Å². The molecule has 1 saturated heterocycles. The highest BCUT2D eigenvalue weighted by Gasteiger charge is 2.33. The van der Waals surface area contributed by atoms with Gasteiger partial charge in [0.1, 0.15) is 11.3 Å². The molecule has 2 N–H and O–H groups in total. The molecule has 1 unspecified atom stereocenters. The zero-order valence-electron chi connectivity index (χ0n) is 11.9. The lowest BCUT2D eigenvalue weighted by molar-refractivity contribution is 0.0735. The fraction of sp³-hybridized carbons (Fsp3) is 0.312. The molecule has 3 rings (SSSR count). The largest absolute Gasteiger partial charge is 0.496 e. The average molecular weight is 302 g/mol. The zero-order chi connectivity index (χ0) is 14.8. The maximum atomic E-state index is 12.9. The van der Waals surface area contributed by atoms with E-state index in [0.717, 1.165) is 19.4 Å². The van der Waals surface area contributed by atoms with Crippen molar-refractivity contribution in [2.45, 2.75) is 18.9 Å². The lowest BCUT2D eigenvalue weighted by Crippen LogP contribution is -2.31. The van der Waals surface area contributed by atoms with E-state index in [1.165, 1.54) is 4.88 Å². The molecule has 2 heterocycles. The van der Waals surface area contributed by atoms with Gasteiger partial charge in [-0.25, -0.2) is 0 Å². The second-order valence-electron chi connectivity index (χ2n) is 5.10. The minimum Gasteiger partial charge on any atom is -0.496 e. The van der Waals surface area contributed by atoms with Crippen LogP contribution in [0.15, 0.2) is 35.7 Å². The topological polar surface area (TPSA) is 55.6 Å². The second-order valence-corrected chi connectivity index (χ2v) is 6.08. The molecule has 0 spiro atoms. The van der Waals surface area contributed by atoms with Crippen molar-refractivity contribution in [3.63, 3.8) is 0 Å². The molecule has 1 amide bonds. The summed E-state index contributed by atoms with van der Waals surface area (Å²) in [4.78, 5) is 16.1. The van der Waals surface area contributed by atoms with Crippen LogP contribution in [0.4, 0.5) is 5.69 Å². The quantitative estimate of drug-likeness (QED) is 0.885. The predicted molar refractivity (Wildman–Crippen MR) is 84.7 cm³/mol. The summed E-state index contributed by atoms with van der Waals surface area (Å²) < 4.78 is 5.31. The summed E-state index contributed by atoms with van der Waals surface area (Å²) in [6.45, 7) is 0.763. The third-order valence-corrected chi connectivity index (χ3v) is 4.85. The van der Waals surface area contributed by atoms with E-state index in [1.54, 1.807) is 36.6 Å². The molecule has 0 bridgehead atoms. The Hall–Kier alpha value is -2.01. The molecule has 21 heavy (non-hydrogen) atoms. The average Bonchev–Trinajstić information content (AvgIpc) is 3.16. The molecule has 1 fully saturated rings. The number of ether oxygens (including phenoxy) is 1. The number of carbonyl (C=O) groups is 1. The molecule has 0 aliphatic carbocycles. The first-order chi connectivity index (χ1) is 10.2. The molecule has 1 aromatic heterocycles. The molecule has 1 atom stereocenters. The van der Waals surface area contributed by atoms with Crippen molar-refractivity contribution < 1.29 is 9.53 Å². The van der Waals surface area contributed by atoms with Gasteiger partial charge in [0.2, 0.25) is 0 Å². The van der Waals surface area contributed by atoms with Crippen molar-refractivity contribution in [3.8, 4) is 5.75 Å². The van der Waals surface area contributed by atoms with E-state index >= 15 is 0 Å². The van der Waals surface area contributed by atoms with Crippen LogP contribution in [0.1, 0.15) is 34.1 Å². The van der Waals surface area contributed by atoms with Crippen LogP contribution in [0.2, 0.25) is 0 Å². The van der Waals surface area contributed by atoms with Gasteiger partial charge in [0, 0.05) is 17.1 Å². The minimum absolute atomic E-state index is 0.0409. The Balaban J connectivity index is 1.95. The number of nitrogens with zero attached hydrogens (tertiary/aromatic N) is 1. The first kappa shape index (κ1) is 13.9. The highest BCUT2D eigenvalue weighted by Crippen LogP contribution is 2.37. The number of likely N-dealkylation sites (tertiary alicyclic amines) is 1. The maximum absolute atomic E-state index is 12.9. The van der Waals surface area contributed by atoms with Gasteiger partial charge in [-0.05, 0) is 36.4 Å². The molecule has 2 aromatic rings. The van der Waals surface area contributed by atoms with E-state index in [2.05, 4.69) is 6.07 Å². The van der Waals surface area contributed by atoms with Crippen LogP contribution in [-0.2, 0) is 0 Å². The van der Waals surface area contributed by atoms with Crippen LogP contribution < -0.4 is 10.5 Å². The second kappa shape index (κ2) is 5.77. The fourth-order valence-corrected chi connectivity index (χ4v) is 3.75. The van der Waals surface area contributed by atoms with Gasteiger partial charge >= 0.3 is 0 Å². The van der Waals surface area contributed by atoms with Gasteiger partial charge < -0.3 is 15.4 Å². The summed E-state index contributed by atoms with van der Waals surface area (Å²) in [5, 5.41) is 2.05. The number of nitrogens with two attached hydrogens (primary N) is 1. The number of carbonyl (C=O) groups excluding carboxylic acids is 1. The van der Waals surface area contributed by atoms with Gasteiger partial charge in [0.05, 0.1) is 13.2 Å². The molecule has 110 valence electrons. The Bertz CT molecular complexity index is 640. The van der Waals surface area contributed by atoms with E-state index < -0.39 is 0 Å². The molecule has 1 aliphatic heterocycles. The third-order valence-electron chi connectivity index (χ3n) is 3.88. The Morgan fingerprint density at radius 2 is 2.24 bits per heavy atom. The fourth-order valence-electron chi connectivity index (χ4n) is 2.88. The van der Waals surface area contributed by atoms with E-state index in [-0.39, 0.29) is 11.9 Å². The van der Waals surface area contributed by atoms with Crippen molar-refractivity contribution in [2.24, 2.45) is 0 Å². The zero-order valence-corrected chi connectivity index (χ0v) is 12.7. The van der Waals surface area contributed by atoms with E-state index in [1.807, 2.05) is 16.3 Å². The molecule has 5 heteroatoms. The van der Waals surface area contributed by atoms with Crippen molar-refractivity contribution in [3.05, 3.63) is 46.2 Å². The van der Waals surface area contributed by atoms with Gasteiger partial charge in [-0.2, -0.15) is 0 Å². The Labute approximate surface area is 128 Å². The van der Waals surface area contributed by atoms with Crippen LogP contribution in [0, 0.1) is 0 Å². The number of thiophene rings is 1. The summed E-state index contributed by atoms with van der Waals surface area (Å²) in [6, 6.07) is 9.59. The van der Waals surface area contributed by atoms with Crippen LogP contribution in [-0.4, -0.2) is 24.5 Å². The SMILES string of the molecule is COc1cccc(N)c1C(=O)N1CCCC1c1cccs1. The number of anilines is 1. The number of methoxy groups -OCH3 is 1. The monoisotopic (exact) mass is 302 g/mol.